The summed E-state index contributed by atoms with van der Waals surface area (Å²) in [6.07, 6.45) is 0.180. The zero-order valence-electron chi connectivity index (χ0n) is 7.91. The molecule has 5 heteroatoms. The van der Waals surface area contributed by atoms with Crippen LogP contribution in [-0.4, -0.2) is 30.2 Å². The van der Waals surface area contributed by atoms with Crippen LogP contribution in [-0.2, 0) is 9.09 Å². The fourth-order valence-electron chi connectivity index (χ4n) is 0.761. The summed E-state index contributed by atoms with van der Waals surface area (Å²) in [6, 6.07) is 0.339. The molecule has 0 radical (unpaired) electrons. The Morgan fingerprint density at radius 1 is 1.58 bits per heavy atom. The summed E-state index contributed by atoms with van der Waals surface area (Å²) in [5.41, 5.74) is 0. The predicted molar refractivity (Wildman–Crippen MR) is 49.5 cm³/mol. The van der Waals surface area contributed by atoms with Gasteiger partial charge >= 0.3 is 7.60 Å². The number of hydrogen-bond acceptors (Lipinski definition) is 3. The highest BCUT2D eigenvalue weighted by atomic mass is 31.2. The van der Waals surface area contributed by atoms with Gasteiger partial charge in [-0.25, -0.2) is 0 Å². The minimum Gasteiger partial charge on any atom is -0.324 e. The van der Waals surface area contributed by atoms with E-state index in [4.69, 9.17) is 4.89 Å². The van der Waals surface area contributed by atoms with Crippen molar-refractivity contribution in [3.05, 3.63) is 0 Å². The van der Waals surface area contributed by atoms with Crippen molar-refractivity contribution in [3.8, 4) is 0 Å². The fourth-order valence-corrected chi connectivity index (χ4v) is 1.71. The number of nitrogens with one attached hydrogen (secondary N) is 1. The third-order valence-electron chi connectivity index (χ3n) is 1.28. The van der Waals surface area contributed by atoms with Crippen molar-refractivity contribution < 1.29 is 14.0 Å². The Hall–Kier alpha value is 0.110. The maximum atomic E-state index is 11.1. The van der Waals surface area contributed by atoms with E-state index < -0.39 is 7.60 Å². The maximum absolute atomic E-state index is 11.1. The molecule has 0 aromatic carbocycles. The van der Waals surface area contributed by atoms with Gasteiger partial charge in [0.15, 0.2) is 0 Å². The summed E-state index contributed by atoms with van der Waals surface area (Å²) in [4.78, 5) is 9.12. The molecule has 74 valence electrons. The van der Waals surface area contributed by atoms with Crippen LogP contribution in [0.15, 0.2) is 0 Å². The van der Waals surface area contributed by atoms with Crippen molar-refractivity contribution in [1.82, 2.24) is 5.32 Å². The van der Waals surface area contributed by atoms with Crippen molar-refractivity contribution >= 4 is 7.60 Å². The quantitative estimate of drug-likeness (QED) is 0.625. The highest BCUT2D eigenvalue weighted by Gasteiger charge is 2.17. The lowest BCUT2D eigenvalue weighted by molar-refractivity contribution is 0.273. The van der Waals surface area contributed by atoms with E-state index in [1.54, 1.807) is 6.92 Å². The normalized spacial score (nSPS) is 16.4. The summed E-state index contributed by atoms with van der Waals surface area (Å²) < 4.78 is 15.8. The molecule has 2 N–H and O–H groups in total. The molecule has 0 aromatic heterocycles. The van der Waals surface area contributed by atoms with E-state index in [2.05, 4.69) is 9.84 Å². The molecule has 0 rings (SSSR count). The molecule has 0 aliphatic carbocycles. The van der Waals surface area contributed by atoms with Crippen LogP contribution >= 0.6 is 7.60 Å². The zero-order chi connectivity index (χ0) is 9.61. The number of rotatable bonds is 6. The summed E-state index contributed by atoms with van der Waals surface area (Å²) in [7, 11) is -3.31. The average Bonchev–Trinajstić information content (AvgIpc) is 1.85. The molecule has 0 aromatic rings. The van der Waals surface area contributed by atoms with Crippen LogP contribution in [0, 0.1) is 0 Å². The van der Waals surface area contributed by atoms with E-state index in [0.29, 0.717) is 12.6 Å². The van der Waals surface area contributed by atoms with Crippen LogP contribution in [0.4, 0.5) is 0 Å². The molecule has 1 atom stereocenters. The van der Waals surface area contributed by atoms with Crippen molar-refractivity contribution in [3.63, 3.8) is 0 Å². The minimum atomic E-state index is -3.31. The van der Waals surface area contributed by atoms with Crippen LogP contribution in [0.5, 0.6) is 0 Å². The van der Waals surface area contributed by atoms with E-state index in [1.807, 2.05) is 13.8 Å². The van der Waals surface area contributed by atoms with Gasteiger partial charge < -0.3 is 14.7 Å². The molecule has 0 aliphatic rings. The lowest BCUT2D eigenvalue weighted by atomic mass is 10.4. The summed E-state index contributed by atoms with van der Waals surface area (Å²) in [5.74, 6) is 0. The first-order valence-electron chi connectivity index (χ1n) is 4.17. The Kier molecular flexibility index (Phi) is 5.76. The monoisotopic (exact) mass is 195 g/mol. The predicted octanol–water partition coefficient (Wildman–Crippen LogP) is 1.21. The number of hydrogen-bond donors (Lipinski definition) is 2. The first-order valence-corrected chi connectivity index (χ1v) is 5.94. The Labute approximate surface area is 73.8 Å². The molecule has 0 aliphatic heterocycles. The van der Waals surface area contributed by atoms with Gasteiger partial charge in [-0.3, -0.25) is 4.57 Å². The molecule has 0 heterocycles. The summed E-state index contributed by atoms with van der Waals surface area (Å²) in [6.45, 7) is 6.49. The van der Waals surface area contributed by atoms with Crippen LogP contribution in [0.1, 0.15) is 20.8 Å². The summed E-state index contributed by atoms with van der Waals surface area (Å²) >= 11 is 0. The highest BCUT2D eigenvalue weighted by Crippen LogP contribution is 2.40. The first kappa shape index (κ1) is 12.1. The van der Waals surface area contributed by atoms with Crippen LogP contribution < -0.4 is 5.32 Å². The van der Waals surface area contributed by atoms with E-state index in [0.717, 1.165) is 0 Å². The second-order valence-corrected chi connectivity index (χ2v) is 4.87. The zero-order valence-corrected chi connectivity index (χ0v) is 8.80. The van der Waals surface area contributed by atoms with Crippen molar-refractivity contribution in [2.24, 2.45) is 0 Å². The molecule has 12 heavy (non-hydrogen) atoms. The van der Waals surface area contributed by atoms with Gasteiger partial charge in [0.1, 0.15) is 0 Å². The molecule has 0 spiro atoms. The van der Waals surface area contributed by atoms with E-state index >= 15 is 0 Å². The van der Waals surface area contributed by atoms with Gasteiger partial charge in [-0.2, -0.15) is 0 Å². The van der Waals surface area contributed by atoms with Crippen molar-refractivity contribution in [2.75, 3.05) is 19.3 Å². The van der Waals surface area contributed by atoms with Crippen molar-refractivity contribution in [2.45, 2.75) is 26.8 Å². The second kappa shape index (κ2) is 5.70. The Morgan fingerprint density at radius 3 is 2.58 bits per heavy atom. The van der Waals surface area contributed by atoms with Crippen LogP contribution in [0.25, 0.3) is 0 Å². The SMILES string of the molecule is CCOP(=O)(O)CCNC(C)C. The second-order valence-electron chi connectivity index (χ2n) is 2.89. The van der Waals surface area contributed by atoms with E-state index in [9.17, 15) is 4.57 Å². The Bertz CT molecular complexity index is 161. The molecule has 0 fully saturated rings. The van der Waals surface area contributed by atoms with E-state index in [-0.39, 0.29) is 12.8 Å². The third-order valence-corrected chi connectivity index (χ3v) is 2.73. The van der Waals surface area contributed by atoms with Gasteiger partial charge in [0.05, 0.1) is 12.8 Å². The van der Waals surface area contributed by atoms with Gasteiger partial charge in [0.2, 0.25) is 0 Å². The van der Waals surface area contributed by atoms with Gasteiger partial charge in [-0.15, -0.1) is 0 Å². The molecule has 0 amide bonds. The largest absolute Gasteiger partial charge is 0.329 e. The highest BCUT2D eigenvalue weighted by molar-refractivity contribution is 7.52. The Morgan fingerprint density at radius 2 is 2.17 bits per heavy atom. The van der Waals surface area contributed by atoms with Crippen LogP contribution in [0.3, 0.4) is 0 Å². The van der Waals surface area contributed by atoms with Gasteiger partial charge in [0, 0.05) is 12.6 Å². The molecular formula is C7H18NO3P. The molecular weight excluding hydrogens is 177 g/mol. The average molecular weight is 195 g/mol. The minimum absolute atomic E-state index is 0.180. The fraction of sp³-hybridized carbons (Fsp3) is 1.00. The first-order chi connectivity index (χ1) is 5.48. The smallest absolute Gasteiger partial charge is 0.324 e. The molecule has 0 saturated carbocycles. The van der Waals surface area contributed by atoms with Gasteiger partial charge in [-0.1, -0.05) is 13.8 Å². The third kappa shape index (κ3) is 6.80. The van der Waals surface area contributed by atoms with Crippen LogP contribution in [0.2, 0.25) is 0 Å². The lowest BCUT2D eigenvalue weighted by Crippen LogP contribution is -2.26. The van der Waals surface area contributed by atoms with E-state index in [1.165, 1.54) is 0 Å². The van der Waals surface area contributed by atoms with Crippen molar-refractivity contribution in [1.29, 1.82) is 0 Å². The summed E-state index contributed by atoms with van der Waals surface area (Å²) in [5, 5.41) is 3.05. The molecule has 4 nitrogen and oxygen atoms in total. The molecule has 1 unspecified atom stereocenters. The topological polar surface area (TPSA) is 58.6 Å². The van der Waals surface area contributed by atoms with Gasteiger partial charge in [0.25, 0.3) is 0 Å². The molecule has 0 saturated heterocycles. The lowest BCUT2D eigenvalue weighted by Gasteiger charge is -2.12. The molecule has 0 bridgehead atoms. The standard InChI is InChI=1S/C7H18NO3P/c1-4-11-12(9,10)6-5-8-7(2)3/h7-8H,4-6H2,1-3H3,(H,9,10). The van der Waals surface area contributed by atoms with Gasteiger partial charge in [-0.05, 0) is 6.92 Å². The maximum Gasteiger partial charge on any atom is 0.329 e. The Balaban J connectivity index is 3.54.